The molecule has 0 saturated heterocycles. The minimum absolute atomic E-state index is 0.0122. The highest BCUT2D eigenvalue weighted by atomic mass is 35.5. The van der Waals surface area contributed by atoms with Gasteiger partial charge in [0.05, 0.1) is 11.6 Å². The highest BCUT2D eigenvalue weighted by Gasteiger charge is 2.18. The SMILES string of the molecule is CN(Cc1ccccc1NCC(=O)Nc1ccc(F)c(Cl)c1)C1CCCCC1. The molecule has 0 aromatic heterocycles. The van der Waals surface area contributed by atoms with E-state index in [0.29, 0.717) is 11.7 Å². The Morgan fingerprint density at radius 1 is 1.18 bits per heavy atom. The number of para-hydroxylation sites is 1. The van der Waals surface area contributed by atoms with Crippen molar-refractivity contribution < 1.29 is 9.18 Å². The van der Waals surface area contributed by atoms with E-state index in [1.54, 1.807) is 0 Å². The van der Waals surface area contributed by atoms with Gasteiger partial charge >= 0.3 is 0 Å². The molecule has 0 bridgehead atoms. The number of hydrogen-bond acceptors (Lipinski definition) is 3. The number of amides is 1. The molecule has 1 aliphatic carbocycles. The molecule has 0 heterocycles. The second-order valence-corrected chi connectivity index (χ2v) is 7.80. The molecule has 1 amide bonds. The molecule has 1 saturated carbocycles. The largest absolute Gasteiger partial charge is 0.376 e. The van der Waals surface area contributed by atoms with Crippen molar-refractivity contribution in [3.05, 3.63) is 58.9 Å². The molecule has 3 rings (SSSR count). The van der Waals surface area contributed by atoms with E-state index in [1.165, 1.54) is 55.9 Å². The van der Waals surface area contributed by atoms with Crippen LogP contribution in [0.2, 0.25) is 5.02 Å². The van der Waals surface area contributed by atoms with Crippen molar-refractivity contribution in [2.45, 2.75) is 44.7 Å². The molecule has 2 N–H and O–H groups in total. The summed E-state index contributed by atoms with van der Waals surface area (Å²) in [5, 5.41) is 5.94. The number of anilines is 2. The van der Waals surface area contributed by atoms with Gasteiger partial charge in [-0.1, -0.05) is 49.1 Å². The van der Waals surface area contributed by atoms with Gasteiger partial charge in [0.2, 0.25) is 5.91 Å². The third-order valence-electron chi connectivity index (χ3n) is 5.28. The van der Waals surface area contributed by atoms with E-state index in [-0.39, 0.29) is 17.5 Å². The second-order valence-electron chi connectivity index (χ2n) is 7.39. The molecule has 4 nitrogen and oxygen atoms in total. The molecule has 2 aromatic carbocycles. The van der Waals surface area contributed by atoms with Crippen molar-refractivity contribution in [1.29, 1.82) is 0 Å². The van der Waals surface area contributed by atoms with Crippen molar-refractivity contribution in [3.8, 4) is 0 Å². The van der Waals surface area contributed by atoms with Gasteiger partial charge in [0.15, 0.2) is 0 Å². The first-order chi connectivity index (χ1) is 13.5. The lowest BCUT2D eigenvalue weighted by Gasteiger charge is -2.31. The molecule has 150 valence electrons. The number of benzene rings is 2. The first-order valence-corrected chi connectivity index (χ1v) is 10.2. The second kappa shape index (κ2) is 9.89. The predicted octanol–water partition coefficient (Wildman–Crippen LogP) is 5.29. The third-order valence-corrected chi connectivity index (χ3v) is 5.57. The zero-order valence-corrected chi connectivity index (χ0v) is 16.9. The fourth-order valence-electron chi connectivity index (χ4n) is 3.70. The van der Waals surface area contributed by atoms with E-state index in [1.807, 2.05) is 18.2 Å². The summed E-state index contributed by atoms with van der Waals surface area (Å²) in [7, 11) is 2.18. The van der Waals surface area contributed by atoms with Crippen LogP contribution in [0.15, 0.2) is 42.5 Å². The summed E-state index contributed by atoms with van der Waals surface area (Å²) in [4.78, 5) is 14.7. The number of rotatable bonds is 7. The van der Waals surface area contributed by atoms with E-state index >= 15 is 0 Å². The number of nitrogens with one attached hydrogen (secondary N) is 2. The van der Waals surface area contributed by atoms with Crippen molar-refractivity contribution in [3.63, 3.8) is 0 Å². The van der Waals surface area contributed by atoms with Gasteiger partial charge in [-0.2, -0.15) is 0 Å². The number of nitrogens with zero attached hydrogens (tertiary/aromatic N) is 1. The quantitative estimate of drug-likeness (QED) is 0.659. The molecule has 0 aliphatic heterocycles. The molecule has 1 aliphatic rings. The molecule has 28 heavy (non-hydrogen) atoms. The lowest BCUT2D eigenvalue weighted by molar-refractivity contribution is -0.114. The van der Waals surface area contributed by atoms with Crippen molar-refractivity contribution in [1.82, 2.24) is 4.90 Å². The van der Waals surface area contributed by atoms with Crippen molar-refractivity contribution in [2.75, 3.05) is 24.2 Å². The molecular weight excluding hydrogens is 377 g/mol. The molecule has 0 unspecified atom stereocenters. The van der Waals surface area contributed by atoms with E-state index < -0.39 is 5.82 Å². The summed E-state index contributed by atoms with van der Waals surface area (Å²) in [5.74, 6) is -0.716. The molecule has 0 spiro atoms. The van der Waals surface area contributed by atoms with Crippen LogP contribution in [0.3, 0.4) is 0 Å². The van der Waals surface area contributed by atoms with Gasteiger partial charge in [-0.15, -0.1) is 0 Å². The van der Waals surface area contributed by atoms with Gasteiger partial charge in [-0.3, -0.25) is 9.69 Å². The zero-order valence-electron chi connectivity index (χ0n) is 16.2. The van der Waals surface area contributed by atoms with Crippen LogP contribution in [0, 0.1) is 5.82 Å². The van der Waals surface area contributed by atoms with Gasteiger partial charge in [0.25, 0.3) is 0 Å². The maximum atomic E-state index is 13.2. The summed E-state index contributed by atoms with van der Waals surface area (Å²) >= 11 is 5.76. The van der Waals surface area contributed by atoms with Crippen LogP contribution in [0.1, 0.15) is 37.7 Å². The average Bonchev–Trinajstić information content (AvgIpc) is 2.71. The summed E-state index contributed by atoms with van der Waals surface area (Å²) < 4.78 is 13.2. The Hall–Kier alpha value is -2.11. The molecule has 0 radical (unpaired) electrons. The van der Waals surface area contributed by atoms with E-state index in [2.05, 4.69) is 28.6 Å². The summed E-state index contributed by atoms with van der Waals surface area (Å²) in [6, 6.07) is 12.8. The lowest BCUT2D eigenvalue weighted by atomic mass is 9.94. The Morgan fingerprint density at radius 3 is 2.68 bits per heavy atom. The third kappa shape index (κ3) is 5.69. The Kier molecular flexibility index (Phi) is 7.29. The first kappa shape index (κ1) is 20.6. The number of carbonyl (C=O) groups excluding carboxylic acids is 1. The smallest absolute Gasteiger partial charge is 0.243 e. The minimum atomic E-state index is -0.506. The first-order valence-electron chi connectivity index (χ1n) is 9.80. The molecule has 1 fully saturated rings. The molecule has 0 atom stereocenters. The summed E-state index contributed by atoms with van der Waals surface area (Å²) in [6.07, 6.45) is 6.48. The fraction of sp³-hybridized carbons (Fsp3) is 0.409. The Labute approximate surface area is 171 Å². The van der Waals surface area contributed by atoms with E-state index in [0.717, 1.165) is 12.2 Å². The highest BCUT2D eigenvalue weighted by Crippen LogP contribution is 2.25. The van der Waals surface area contributed by atoms with Gasteiger partial charge < -0.3 is 10.6 Å². The molecule has 6 heteroatoms. The van der Waals surface area contributed by atoms with Crippen LogP contribution in [0.5, 0.6) is 0 Å². The van der Waals surface area contributed by atoms with Crippen LogP contribution in [-0.4, -0.2) is 30.4 Å². The normalized spacial score (nSPS) is 14.9. The van der Waals surface area contributed by atoms with Crippen LogP contribution in [0.25, 0.3) is 0 Å². The lowest BCUT2D eigenvalue weighted by Crippen LogP contribution is -2.33. The van der Waals surface area contributed by atoms with Crippen LogP contribution >= 0.6 is 11.6 Å². The standard InChI is InChI=1S/C22H27ClFN3O/c1-27(18-8-3-2-4-9-18)15-16-7-5-6-10-21(16)25-14-22(28)26-17-11-12-20(24)19(23)13-17/h5-7,10-13,18,25H,2-4,8-9,14-15H2,1H3,(H,26,28). The Bertz CT molecular complexity index is 808. The number of carbonyl (C=O) groups is 1. The monoisotopic (exact) mass is 403 g/mol. The van der Waals surface area contributed by atoms with Gasteiger partial charge in [-0.05, 0) is 49.7 Å². The van der Waals surface area contributed by atoms with Gasteiger partial charge in [0.1, 0.15) is 5.82 Å². The number of hydrogen-bond donors (Lipinski definition) is 2. The fourth-order valence-corrected chi connectivity index (χ4v) is 3.89. The average molecular weight is 404 g/mol. The van der Waals surface area contributed by atoms with Crippen molar-refractivity contribution in [2.24, 2.45) is 0 Å². The molecular formula is C22H27ClFN3O. The predicted molar refractivity (Wildman–Crippen MR) is 113 cm³/mol. The van der Waals surface area contributed by atoms with Crippen molar-refractivity contribution >= 4 is 28.9 Å². The number of halogens is 2. The maximum absolute atomic E-state index is 13.2. The van der Waals surface area contributed by atoms with Crippen LogP contribution in [-0.2, 0) is 11.3 Å². The topological polar surface area (TPSA) is 44.4 Å². The molecule has 2 aromatic rings. The Morgan fingerprint density at radius 2 is 1.93 bits per heavy atom. The van der Waals surface area contributed by atoms with Crippen LogP contribution < -0.4 is 10.6 Å². The maximum Gasteiger partial charge on any atom is 0.243 e. The highest BCUT2D eigenvalue weighted by molar-refractivity contribution is 6.31. The summed E-state index contributed by atoms with van der Waals surface area (Å²) in [6.45, 7) is 0.974. The zero-order chi connectivity index (χ0) is 19.9. The minimum Gasteiger partial charge on any atom is -0.376 e. The van der Waals surface area contributed by atoms with E-state index in [9.17, 15) is 9.18 Å². The van der Waals surface area contributed by atoms with Gasteiger partial charge in [-0.25, -0.2) is 4.39 Å². The van der Waals surface area contributed by atoms with E-state index in [4.69, 9.17) is 11.6 Å². The van der Waals surface area contributed by atoms with Crippen LogP contribution in [0.4, 0.5) is 15.8 Å². The van der Waals surface area contributed by atoms with Gasteiger partial charge in [0, 0.05) is 24.0 Å². The summed E-state index contributed by atoms with van der Waals surface area (Å²) in [5.41, 5.74) is 2.61. The Balaban J connectivity index is 1.56.